The molecule has 0 heterocycles. The van der Waals surface area contributed by atoms with E-state index in [9.17, 15) is 28.6 Å². The van der Waals surface area contributed by atoms with Gasteiger partial charge in [-0.05, 0) is 113 Å². The average molecular weight is 641 g/mol. The molecule has 2 amide bonds. The molecular formula is C37H50F2N2O5. The van der Waals surface area contributed by atoms with Crippen molar-refractivity contribution in [3.05, 3.63) is 81.9 Å². The fraction of sp³-hybridized carbons (Fsp3) is 0.568. The number of hydrogen-bond donors (Lipinski definition) is 3. The molecule has 9 heteroatoms. The molecule has 2 bridgehead atoms. The predicted molar refractivity (Wildman–Crippen MR) is 175 cm³/mol. The predicted octanol–water partition coefficient (Wildman–Crippen LogP) is 6.69. The van der Waals surface area contributed by atoms with E-state index in [0.717, 1.165) is 23.3 Å². The van der Waals surface area contributed by atoms with Crippen LogP contribution in [0.25, 0.3) is 0 Å². The average Bonchev–Trinajstić information content (AvgIpc) is 3.25. The van der Waals surface area contributed by atoms with E-state index in [1.54, 1.807) is 18.1 Å². The van der Waals surface area contributed by atoms with E-state index in [2.05, 4.69) is 25.2 Å². The number of rotatable bonds is 9. The molecule has 0 unspecified atom stereocenters. The van der Waals surface area contributed by atoms with Crippen LogP contribution in [0.15, 0.2) is 48.0 Å². The van der Waals surface area contributed by atoms with Crippen LogP contribution in [0, 0.1) is 17.0 Å². The summed E-state index contributed by atoms with van der Waals surface area (Å²) in [5, 5.41) is 26.4. The molecule has 0 saturated heterocycles. The number of carbonyl (C=O) groups is 2. The molecule has 46 heavy (non-hydrogen) atoms. The van der Waals surface area contributed by atoms with Gasteiger partial charge in [0.2, 0.25) is 0 Å². The highest BCUT2D eigenvalue weighted by Gasteiger charge is 2.57. The van der Waals surface area contributed by atoms with E-state index in [1.165, 1.54) is 11.6 Å². The number of ether oxygens (including phenoxy) is 1. The number of benzene rings is 2. The van der Waals surface area contributed by atoms with Gasteiger partial charge in [-0.1, -0.05) is 30.7 Å². The normalized spacial score (nSPS) is 25.1. The largest absolute Gasteiger partial charge is 0.393 e. The van der Waals surface area contributed by atoms with E-state index in [4.69, 9.17) is 4.74 Å². The minimum Gasteiger partial charge on any atom is -0.393 e. The van der Waals surface area contributed by atoms with Crippen molar-refractivity contribution < 1.29 is 33.3 Å². The Balaban J connectivity index is 1.82. The molecule has 1 fully saturated rings. The Morgan fingerprint density at radius 1 is 1.11 bits per heavy atom. The SMILES string of the molecule is COCCCN(C[C@]1(O)CC[C@H]2c3ccc(cc3C(=O)c3ccc(F)c(F)c3)C[C@@H](O)CCC(C)=CCC[C@@]21C)C(=O)NC(C)C. The zero-order valence-corrected chi connectivity index (χ0v) is 27.9. The molecule has 0 radical (unpaired) electrons. The van der Waals surface area contributed by atoms with Crippen LogP contribution in [-0.2, 0) is 11.2 Å². The quantitative estimate of drug-likeness (QED) is 0.161. The molecule has 0 aromatic heterocycles. The van der Waals surface area contributed by atoms with Crippen LogP contribution < -0.4 is 5.32 Å². The number of allylic oxidation sites excluding steroid dienone is 2. The molecule has 252 valence electrons. The summed E-state index contributed by atoms with van der Waals surface area (Å²) in [6.45, 7) is 8.90. The first-order chi connectivity index (χ1) is 21.8. The first-order valence-electron chi connectivity index (χ1n) is 16.5. The zero-order chi connectivity index (χ0) is 33.6. The summed E-state index contributed by atoms with van der Waals surface area (Å²) >= 11 is 0. The number of ketones is 1. The standard InChI is InChI=1S/C37H50F2N2O5/c1-24(2)40-35(44)41(18-7-19-46-5)23-37(45)17-15-31-29-13-10-26(20-28(42)12-9-25(3)8-6-16-36(31,37)4)21-30(29)34(43)27-11-14-32(38)33(39)22-27/h8,10-11,13-14,21-22,24,28,31,42,45H,6-7,9,12,15-20,23H2,1-5H3,(H,40,44)/t28-,31-,36-,37+/m0/s1. The van der Waals surface area contributed by atoms with Crippen LogP contribution in [0.4, 0.5) is 13.6 Å². The lowest BCUT2D eigenvalue weighted by Crippen LogP contribution is -2.56. The van der Waals surface area contributed by atoms with Crippen LogP contribution in [0.1, 0.15) is 106 Å². The van der Waals surface area contributed by atoms with Gasteiger partial charge in [-0.3, -0.25) is 4.79 Å². The fourth-order valence-electron chi connectivity index (χ4n) is 7.30. The molecule has 7 nitrogen and oxygen atoms in total. The van der Waals surface area contributed by atoms with Crippen LogP contribution in [0.5, 0.6) is 0 Å². The number of fused-ring (bicyclic) bond motifs is 8. The number of urea groups is 1. The van der Waals surface area contributed by atoms with Crippen molar-refractivity contribution in [1.82, 2.24) is 10.2 Å². The Hall–Kier alpha value is -3.14. The molecule has 1 saturated carbocycles. The smallest absolute Gasteiger partial charge is 0.317 e. The Morgan fingerprint density at radius 2 is 1.87 bits per heavy atom. The van der Waals surface area contributed by atoms with Gasteiger partial charge < -0.3 is 25.2 Å². The molecule has 3 N–H and O–H groups in total. The second-order valence-electron chi connectivity index (χ2n) is 13.8. The van der Waals surface area contributed by atoms with Crippen LogP contribution in [-0.4, -0.2) is 71.5 Å². The monoisotopic (exact) mass is 640 g/mol. The molecule has 0 aliphatic heterocycles. The molecule has 4 atom stereocenters. The van der Waals surface area contributed by atoms with E-state index < -0.39 is 34.5 Å². The number of nitrogens with zero attached hydrogens (tertiary/aromatic N) is 1. The van der Waals surface area contributed by atoms with Gasteiger partial charge in [0.25, 0.3) is 0 Å². The van der Waals surface area contributed by atoms with Crippen LogP contribution in [0.2, 0.25) is 0 Å². The molecule has 0 spiro atoms. The minimum absolute atomic E-state index is 0.0298. The number of aliphatic hydroxyl groups excluding tert-OH is 1. The maximum absolute atomic E-state index is 14.3. The van der Waals surface area contributed by atoms with Gasteiger partial charge in [-0.2, -0.15) is 0 Å². The number of halogens is 2. The molecule has 3 aliphatic carbocycles. The van der Waals surface area contributed by atoms with E-state index in [1.807, 2.05) is 26.0 Å². The maximum Gasteiger partial charge on any atom is 0.317 e. The Labute approximate surface area is 272 Å². The van der Waals surface area contributed by atoms with Gasteiger partial charge in [-0.25, -0.2) is 13.6 Å². The number of aliphatic hydroxyl groups is 2. The van der Waals surface area contributed by atoms with Crippen LogP contribution >= 0.6 is 0 Å². The number of carbonyl (C=O) groups excluding carboxylic acids is 2. The highest BCUT2D eigenvalue weighted by Crippen LogP contribution is 2.59. The Kier molecular flexibility index (Phi) is 11.8. The van der Waals surface area contributed by atoms with Gasteiger partial charge in [0.1, 0.15) is 0 Å². The molecule has 2 aromatic rings. The summed E-state index contributed by atoms with van der Waals surface area (Å²) in [5.41, 5.74) is 1.01. The second kappa shape index (κ2) is 15.2. The lowest BCUT2D eigenvalue weighted by Gasteiger charge is -2.46. The van der Waals surface area contributed by atoms with Gasteiger partial charge in [-0.15, -0.1) is 0 Å². The first-order valence-corrected chi connectivity index (χ1v) is 16.5. The maximum atomic E-state index is 14.3. The van der Waals surface area contributed by atoms with E-state index in [-0.39, 0.29) is 30.1 Å². The van der Waals surface area contributed by atoms with Gasteiger partial charge in [0, 0.05) is 42.8 Å². The molecule has 2 aromatic carbocycles. The Morgan fingerprint density at radius 3 is 2.57 bits per heavy atom. The third-order valence-corrected chi connectivity index (χ3v) is 10.0. The van der Waals surface area contributed by atoms with Gasteiger partial charge in [0.15, 0.2) is 17.4 Å². The van der Waals surface area contributed by atoms with E-state index >= 15 is 0 Å². The third-order valence-electron chi connectivity index (χ3n) is 10.0. The molecule has 5 rings (SSSR count). The number of amides is 2. The van der Waals surface area contributed by atoms with E-state index in [0.29, 0.717) is 70.1 Å². The molecular weight excluding hydrogens is 590 g/mol. The minimum atomic E-state index is -1.28. The summed E-state index contributed by atoms with van der Waals surface area (Å²) in [6.07, 6.45) is 6.02. The first kappa shape index (κ1) is 35.7. The summed E-state index contributed by atoms with van der Waals surface area (Å²) in [5.74, 6) is -2.84. The summed E-state index contributed by atoms with van der Waals surface area (Å²) < 4.78 is 33.4. The van der Waals surface area contributed by atoms with Gasteiger partial charge in [0.05, 0.1) is 18.2 Å². The lowest BCUT2D eigenvalue weighted by molar-refractivity contribution is -0.0775. The highest BCUT2D eigenvalue weighted by atomic mass is 19.2. The molecule has 3 aliphatic rings. The highest BCUT2D eigenvalue weighted by molar-refractivity contribution is 6.10. The van der Waals surface area contributed by atoms with Crippen molar-refractivity contribution in [3.8, 4) is 0 Å². The van der Waals surface area contributed by atoms with Crippen molar-refractivity contribution in [2.45, 2.75) is 103 Å². The number of hydrogen-bond acceptors (Lipinski definition) is 5. The van der Waals surface area contributed by atoms with Gasteiger partial charge >= 0.3 is 6.03 Å². The summed E-state index contributed by atoms with van der Waals surface area (Å²) in [7, 11) is 1.62. The lowest BCUT2D eigenvalue weighted by atomic mass is 9.64. The zero-order valence-electron chi connectivity index (χ0n) is 27.9. The van der Waals surface area contributed by atoms with Crippen molar-refractivity contribution in [3.63, 3.8) is 0 Å². The van der Waals surface area contributed by atoms with Crippen molar-refractivity contribution >= 4 is 11.8 Å². The van der Waals surface area contributed by atoms with Crippen molar-refractivity contribution in [1.29, 1.82) is 0 Å². The van der Waals surface area contributed by atoms with Crippen molar-refractivity contribution in [2.24, 2.45) is 5.41 Å². The van der Waals surface area contributed by atoms with Crippen LogP contribution in [0.3, 0.4) is 0 Å². The topological polar surface area (TPSA) is 99.1 Å². The number of methoxy groups -OCH3 is 1. The number of nitrogens with one attached hydrogen (secondary N) is 1. The summed E-state index contributed by atoms with van der Waals surface area (Å²) in [6, 6.07) is 8.41. The third kappa shape index (κ3) is 8.04. The summed E-state index contributed by atoms with van der Waals surface area (Å²) in [4.78, 5) is 29.1. The fourth-order valence-corrected chi connectivity index (χ4v) is 7.30. The van der Waals surface area contributed by atoms with Crippen molar-refractivity contribution in [2.75, 3.05) is 26.8 Å². The second-order valence-corrected chi connectivity index (χ2v) is 13.8. The Bertz CT molecular complexity index is 1430.